The van der Waals surface area contributed by atoms with Crippen LogP contribution in [0.3, 0.4) is 0 Å². The summed E-state index contributed by atoms with van der Waals surface area (Å²) in [5.41, 5.74) is 16.3. The fourth-order valence-electron chi connectivity index (χ4n) is 9.39. The smallest absolute Gasteiger partial charge is 0.164 e. The Hall–Kier alpha value is -7.43. The maximum absolute atomic E-state index is 6.34. The molecule has 4 heteroatoms. The lowest BCUT2D eigenvalue weighted by Gasteiger charge is -2.30. The Morgan fingerprint density at radius 1 is 0.321 bits per heavy atom. The van der Waals surface area contributed by atoms with Gasteiger partial charge in [0.25, 0.3) is 0 Å². The highest BCUT2D eigenvalue weighted by atomic mass is 16.3. The summed E-state index contributed by atoms with van der Waals surface area (Å²) in [5.74, 6) is 1.84. The number of nitrogens with zero attached hydrogens (tertiary/aromatic N) is 3. The molecular formula is C52H31N3O. The van der Waals surface area contributed by atoms with E-state index in [9.17, 15) is 0 Å². The third kappa shape index (κ3) is 4.32. The Morgan fingerprint density at radius 2 is 0.821 bits per heavy atom. The minimum absolute atomic E-state index is 0.465. The number of hydrogen-bond acceptors (Lipinski definition) is 4. The molecule has 0 saturated heterocycles. The Balaban J connectivity index is 1.10. The van der Waals surface area contributed by atoms with E-state index in [1.807, 2.05) is 24.3 Å². The molecule has 0 bridgehead atoms. The molecule has 0 amide bonds. The van der Waals surface area contributed by atoms with Gasteiger partial charge in [-0.25, -0.2) is 15.0 Å². The summed E-state index contributed by atoms with van der Waals surface area (Å²) < 4.78 is 6.34. The van der Waals surface area contributed by atoms with Gasteiger partial charge < -0.3 is 4.42 Å². The summed E-state index contributed by atoms with van der Waals surface area (Å²) in [6.45, 7) is 0. The van der Waals surface area contributed by atoms with Crippen molar-refractivity contribution in [3.05, 3.63) is 210 Å². The first-order chi connectivity index (χ1) is 27.8. The maximum Gasteiger partial charge on any atom is 0.164 e. The Morgan fingerprint density at radius 3 is 1.57 bits per heavy atom. The van der Waals surface area contributed by atoms with Gasteiger partial charge in [-0.05, 0) is 73.8 Å². The SMILES string of the molecule is c1ccc(-c2ccc(-c3nc(-c4ccc5c(c4)oc4ccccc45)nc(-c4cccc5c4-c4ccccc4C54c5ccccc5-c5ccccc54)n3)cc2)cc1. The van der Waals surface area contributed by atoms with Crippen LogP contribution < -0.4 is 0 Å². The zero-order valence-electron chi connectivity index (χ0n) is 30.1. The lowest BCUT2D eigenvalue weighted by Crippen LogP contribution is -2.25. The van der Waals surface area contributed by atoms with Crippen molar-refractivity contribution in [3.63, 3.8) is 0 Å². The molecule has 2 heterocycles. The molecule has 0 aliphatic heterocycles. The molecule has 2 aliphatic carbocycles. The van der Waals surface area contributed by atoms with Crippen LogP contribution in [0.1, 0.15) is 22.3 Å². The lowest BCUT2D eigenvalue weighted by atomic mass is 9.70. The maximum atomic E-state index is 6.34. The molecule has 56 heavy (non-hydrogen) atoms. The first kappa shape index (κ1) is 31.0. The van der Waals surface area contributed by atoms with Gasteiger partial charge in [0.2, 0.25) is 0 Å². The summed E-state index contributed by atoms with van der Waals surface area (Å²) in [5, 5.41) is 2.15. The molecule has 260 valence electrons. The van der Waals surface area contributed by atoms with E-state index < -0.39 is 5.41 Å². The van der Waals surface area contributed by atoms with E-state index >= 15 is 0 Å². The van der Waals surface area contributed by atoms with Gasteiger partial charge in [0, 0.05) is 27.5 Å². The summed E-state index contributed by atoms with van der Waals surface area (Å²) in [4.78, 5) is 15.8. The normalized spacial score (nSPS) is 13.1. The average molecular weight is 714 g/mol. The second-order valence-corrected chi connectivity index (χ2v) is 14.7. The zero-order chi connectivity index (χ0) is 36.8. The van der Waals surface area contributed by atoms with Crippen molar-refractivity contribution in [1.29, 1.82) is 0 Å². The second-order valence-electron chi connectivity index (χ2n) is 14.7. The molecule has 12 rings (SSSR count). The van der Waals surface area contributed by atoms with Crippen molar-refractivity contribution in [3.8, 4) is 67.5 Å². The van der Waals surface area contributed by atoms with Gasteiger partial charge in [0.05, 0.1) is 5.41 Å². The Kier molecular flexibility index (Phi) is 6.52. The predicted octanol–water partition coefficient (Wildman–Crippen LogP) is 12.8. The summed E-state index contributed by atoms with van der Waals surface area (Å²) in [6.07, 6.45) is 0. The van der Waals surface area contributed by atoms with Gasteiger partial charge in [-0.3, -0.25) is 0 Å². The van der Waals surface area contributed by atoms with Crippen LogP contribution in [0.2, 0.25) is 0 Å². The van der Waals surface area contributed by atoms with Crippen molar-refractivity contribution in [2.24, 2.45) is 0 Å². The molecule has 2 aromatic heterocycles. The van der Waals surface area contributed by atoms with Gasteiger partial charge in [-0.1, -0.05) is 170 Å². The Labute approximate surface area is 323 Å². The number of furan rings is 1. The number of hydrogen-bond donors (Lipinski definition) is 0. The highest BCUT2D eigenvalue weighted by Gasteiger charge is 2.52. The lowest BCUT2D eigenvalue weighted by molar-refractivity contribution is 0.669. The zero-order valence-corrected chi connectivity index (χ0v) is 30.1. The monoisotopic (exact) mass is 713 g/mol. The van der Waals surface area contributed by atoms with E-state index in [0.717, 1.165) is 55.3 Å². The van der Waals surface area contributed by atoms with E-state index in [-0.39, 0.29) is 0 Å². The quantitative estimate of drug-likeness (QED) is 0.182. The van der Waals surface area contributed by atoms with Crippen LogP contribution in [0.15, 0.2) is 192 Å². The molecular weight excluding hydrogens is 683 g/mol. The van der Waals surface area contributed by atoms with Gasteiger partial charge in [0.15, 0.2) is 17.5 Å². The topological polar surface area (TPSA) is 51.8 Å². The van der Waals surface area contributed by atoms with Gasteiger partial charge in [-0.15, -0.1) is 0 Å². The van der Waals surface area contributed by atoms with E-state index in [0.29, 0.717) is 17.5 Å². The van der Waals surface area contributed by atoms with Crippen LogP contribution in [-0.2, 0) is 5.41 Å². The molecule has 8 aromatic carbocycles. The fraction of sp³-hybridized carbons (Fsp3) is 0.0192. The number of fused-ring (bicyclic) bond motifs is 13. The van der Waals surface area contributed by atoms with Crippen molar-refractivity contribution < 1.29 is 4.42 Å². The van der Waals surface area contributed by atoms with Crippen LogP contribution in [0.25, 0.3) is 89.5 Å². The molecule has 2 aliphatic rings. The highest BCUT2D eigenvalue weighted by Crippen LogP contribution is 2.63. The van der Waals surface area contributed by atoms with E-state index in [2.05, 4.69) is 164 Å². The predicted molar refractivity (Wildman–Crippen MR) is 225 cm³/mol. The van der Waals surface area contributed by atoms with Crippen LogP contribution in [-0.4, -0.2) is 15.0 Å². The third-order valence-corrected chi connectivity index (χ3v) is 11.8. The molecule has 0 radical (unpaired) electrons. The van der Waals surface area contributed by atoms with E-state index in [1.54, 1.807) is 0 Å². The number of aromatic nitrogens is 3. The first-order valence-corrected chi connectivity index (χ1v) is 19.0. The minimum Gasteiger partial charge on any atom is -0.456 e. The van der Waals surface area contributed by atoms with Crippen molar-refractivity contribution >= 4 is 21.9 Å². The molecule has 0 fully saturated rings. The molecule has 10 aromatic rings. The molecule has 0 atom stereocenters. The van der Waals surface area contributed by atoms with Crippen molar-refractivity contribution in [2.75, 3.05) is 0 Å². The van der Waals surface area contributed by atoms with Crippen LogP contribution in [0.5, 0.6) is 0 Å². The molecule has 1 spiro atoms. The molecule has 0 N–H and O–H groups in total. The highest BCUT2D eigenvalue weighted by molar-refractivity contribution is 6.06. The van der Waals surface area contributed by atoms with E-state index in [1.165, 1.54) is 38.9 Å². The van der Waals surface area contributed by atoms with Crippen molar-refractivity contribution in [2.45, 2.75) is 5.41 Å². The average Bonchev–Trinajstić information content (AvgIpc) is 3.90. The summed E-state index contributed by atoms with van der Waals surface area (Å²) in [6, 6.07) is 66.7. The number of para-hydroxylation sites is 1. The summed E-state index contributed by atoms with van der Waals surface area (Å²) >= 11 is 0. The van der Waals surface area contributed by atoms with Crippen molar-refractivity contribution in [1.82, 2.24) is 15.0 Å². The van der Waals surface area contributed by atoms with Crippen LogP contribution in [0, 0.1) is 0 Å². The molecule has 0 saturated carbocycles. The first-order valence-electron chi connectivity index (χ1n) is 19.0. The molecule has 0 unspecified atom stereocenters. The Bertz CT molecular complexity index is 3150. The second kappa shape index (κ2) is 11.8. The van der Waals surface area contributed by atoms with E-state index in [4.69, 9.17) is 19.4 Å². The standard InChI is InChI=1S/C52H31N3O/c1-2-13-32(14-3-1)33-25-27-34(28-26-33)49-53-50(35-29-30-39-38-17-7-11-24-46(38)56-47(39)31-35)55-51(54-49)41-19-12-23-45-48(41)40-18-6-10-22-44(40)52(45)42-20-8-4-15-36(42)37-16-5-9-21-43(37)52/h1-31H. The molecule has 4 nitrogen and oxygen atoms in total. The summed E-state index contributed by atoms with van der Waals surface area (Å²) in [7, 11) is 0. The third-order valence-electron chi connectivity index (χ3n) is 11.8. The van der Waals surface area contributed by atoms with Gasteiger partial charge in [0.1, 0.15) is 11.2 Å². The van der Waals surface area contributed by atoms with Crippen LogP contribution in [0.4, 0.5) is 0 Å². The number of rotatable bonds is 4. The fourth-order valence-corrected chi connectivity index (χ4v) is 9.39. The van der Waals surface area contributed by atoms with Gasteiger partial charge >= 0.3 is 0 Å². The largest absolute Gasteiger partial charge is 0.456 e. The van der Waals surface area contributed by atoms with Gasteiger partial charge in [-0.2, -0.15) is 0 Å². The minimum atomic E-state index is -0.465. The van der Waals surface area contributed by atoms with Crippen LogP contribution >= 0.6 is 0 Å². The number of benzene rings is 8.